The lowest BCUT2D eigenvalue weighted by atomic mass is 9.82. The molecule has 1 fully saturated rings. The van der Waals surface area contributed by atoms with Gasteiger partial charge in [0.05, 0.1) is 5.02 Å². The largest absolute Gasteiger partial charge is 0.367 e. The van der Waals surface area contributed by atoms with Crippen LogP contribution in [-0.4, -0.2) is 11.5 Å². The van der Waals surface area contributed by atoms with E-state index in [1.165, 1.54) is 37.9 Å². The Kier molecular flexibility index (Phi) is 4.21. The van der Waals surface area contributed by atoms with Crippen LogP contribution >= 0.6 is 11.6 Å². The zero-order valence-corrected chi connectivity index (χ0v) is 10.8. The van der Waals surface area contributed by atoms with Gasteiger partial charge in [-0.25, -0.2) is 9.37 Å². The maximum Gasteiger partial charge on any atom is 0.166 e. The Balaban J connectivity index is 1.88. The number of pyridine rings is 1. The van der Waals surface area contributed by atoms with Gasteiger partial charge in [0.1, 0.15) is 0 Å². The summed E-state index contributed by atoms with van der Waals surface area (Å²) in [6.45, 7) is 3.09. The van der Waals surface area contributed by atoms with Crippen molar-refractivity contribution in [2.75, 3.05) is 11.9 Å². The fourth-order valence-electron chi connectivity index (χ4n) is 2.53. The molecule has 2 rings (SSSR count). The molecule has 0 saturated heterocycles. The Bertz CT molecular complexity index is 384. The van der Waals surface area contributed by atoms with Gasteiger partial charge >= 0.3 is 0 Å². The predicted molar refractivity (Wildman–Crippen MR) is 68.8 cm³/mol. The molecule has 0 spiro atoms. The first-order chi connectivity index (χ1) is 8.15. The first-order valence-corrected chi connectivity index (χ1v) is 6.58. The van der Waals surface area contributed by atoms with E-state index in [9.17, 15) is 4.39 Å². The number of aromatic nitrogens is 1. The second kappa shape index (κ2) is 5.67. The zero-order valence-electron chi connectivity index (χ0n) is 10.0. The molecule has 0 radical (unpaired) electrons. The Hall–Kier alpha value is -0.830. The Morgan fingerprint density at radius 2 is 2.35 bits per heavy atom. The van der Waals surface area contributed by atoms with Crippen molar-refractivity contribution in [1.82, 2.24) is 4.98 Å². The van der Waals surface area contributed by atoms with Crippen LogP contribution in [0.1, 0.15) is 32.6 Å². The molecule has 17 heavy (non-hydrogen) atoms. The van der Waals surface area contributed by atoms with Crippen molar-refractivity contribution in [3.05, 3.63) is 23.1 Å². The summed E-state index contributed by atoms with van der Waals surface area (Å²) in [5.74, 6) is 1.36. The van der Waals surface area contributed by atoms with Gasteiger partial charge in [0.15, 0.2) is 11.6 Å². The van der Waals surface area contributed by atoms with Crippen LogP contribution in [0.3, 0.4) is 0 Å². The lowest BCUT2D eigenvalue weighted by Crippen LogP contribution is -2.21. The molecule has 4 heteroatoms. The molecule has 1 aromatic heterocycles. The fourth-order valence-corrected chi connectivity index (χ4v) is 2.68. The summed E-state index contributed by atoms with van der Waals surface area (Å²) >= 11 is 5.65. The minimum absolute atomic E-state index is 0.313. The monoisotopic (exact) mass is 256 g/mol. The van der Waals surface area contributed by atoms with Crippen LogP contribution in [0.25, 0.3) is 0 Å². The maximum atomic E-state index is 13.5. The van der Waals surface area contributed by atoms with E-state index in [1.54, 1.807) is 0 Å². The van der Waals surface area contributed by atoms with E-state index < -0.39 is 0 Å². The van der Waals surface area contributed by atoms with Crippen molar-refractivity contribution in [3.8, 4) is 0 Å². The molecule has 94 valence electrons. The third-order valence-corrected chi connectivity index (χ3v) is 3.62. The van der Waals surface area contributed by atoms with Gasteiger partial charge in [-0.1, -0.05) is 31.4 Å². The van der Waals surface area contributed by atoms with E-state index in [2.05, 4.69) is 17.2 Å². The molecule has 2 unspecified atom stereocenters. The van der Waals surface area contributed by atoms with Gasteiger partial charge in [-0.3, -0.25) is 0 Å². The highest BCUT2D eigenvalue weighted by atomic mass is 35.5. The molecule has 1 N–H and O–H groups in total. The molecule has 0 aliphatic heterocycles. The number of halogens is 2. The van der Waals surface area contributed by atoms with Crippen LogP contribution in [0.5, 0.6) is 0 Å². The van der Waals surface area contributed by atoms with E-state index in [4.69, 9.17) is 11.6 Å². The zero-order chi connectivity index (χ0) is 12.3. The molecule has 1 aliphatic carbocycles. The summed E-state index contributed by atoms with van der Waals surface area (Å²) in [6, 6.07) is 1.29. The number of nitrogens with one attached hydrogen (secondary N) is 1. The van der Waals surface area contributed by atoms with Crippen LogP contribution in [0.4, 0.5) is 10.2 Å². The lowest BCUT2D eigenvalue weighted by Gasteiger charge is -2.26. The summed E-state index contributed by atoms with van der Waals surface area (Å²) in [7, 11) is 0. The van der Waals surface area contributed by atoms with Gasteiger partial charge in [-0.05, 0) is 30.7 Å². The molecule has 2 nitrogen and oxygen atoms in total. The van der Waals surface area contributed by atoms with Crippen LogP contribution < -0.4 is 5.32 Å². The first kappa shape index (κ1) is 12.6. The van der Waals surface area contributed by atoms with Crippen molar-refractivity contribution in [3.63, 3.8) is 0 Å². The van der Waals surface area contributed by atoms with Crippen LogP contribution in [0.2, 0.25) is 5.02 Å². The maximum absolute atomic E-state index is 13.5. The smallest absolute Gasteiger partial charge is 0.166 e. The number of nitrogens with zero attached hydrogens (tertiary/aromatic N) is 1. The topological polar surface area (TPSA) is 24.9 Å². The third-order valence-electron chi connectivity index (χ3n) is 3.41. The predicted octanol–water partition coefficient (Wildman–Crippen LogP) is 4.11. The van der Waals surface area contributed by atoms with E-state index in [1.807, 2.05) is 0 Å². The van der Waals surface area contributed by atoms with Crippen LogP contribution in [-0.2, 0) is 0 Å². The van der Waals surface area contributed by atoms with E-state index in [0.717, 1.165) is 12.5 Å². The number of hydrogen-bond donors (Lipinski definition) is 1. The Morgan fingerprint density at radius 3 is 3.06 bits per heavy atom. The molecular formula is C13H18ClFN2. The van der Waals surface area contributed by atoms with Crippen molar-refractivity contribution in [2.45, 2.75) is 32.6 Å². The van der Waals surface area contributed by atoms with Gasteiger partial charge in [0.2, 0.25) is 0 Å². The second-order valence-corrected chi connectivity index (χ2v) is 5.44. The molecule has 1 saturated carbocycles. The summed E-state index contributed by atoms with van der Waals surface area (Å²) in [6.07, 6.45) is 6.53. The first-order valence-electron chi connectivity index (χ1n) is 6.20. The molecule has 1 aliphatic rings. The van der Waals surface area contributed by atoms with Gasteiger partial charge in [-0.2, -0.15) is 0 Å². The second-order valence-electron chi connectivity index (χ2n) is 5.00. The van der Waals surface area contributed by atoms with E-state index in [-0.39, 0.29) is 5.82 Å². The average Bonchev–Trinajstić information content (AvgIpc) is 2.28. The van der Waals surface area contributed by atoms with Crippen molar-refractivity contribution in [2.24, 2.45) is 11.8 Å². The summed E-state index contributed by atoms with van der Waals surface area (Å²) in [5.41, 5.74) is 0. The highest BCUT2D eigenvalue weighted by Gasteiger charge is 2.19. The summed E-state index contributed by atoms with van der Waals surface area (Å²) in [4.78, 5) is 3.96. The molecule has 1 heterocycles. The number of hydrogen-bond acceptors (Lipinski definition) is 2. The summed E-state index contributed by atoms with van der Waals surface area (Å²) < 4.78 is 13.5. The third kappa shape index (κ3) is 3.56. The highest BCUT2D eigenvalue weighted by molar-refractivity contribution is 6.30. The van der Waals surface area contributed by atoms with E-state index in [0.29, 0.717) is 16.8 Å². The molecule has 0 amide bonds. The minimum atomic E-state index is -0.374. The average molecular weight is 257 g/mol. The molecular weight excluding hydrogens is 239 g/mol. The molecule has 0 aromatic carbocycles. The highest BCUT2D eigenvalue weighted by Crippen LogP contribution is 2.28. The summed E-state index contributed by atoms with van der Waals surface area (Å²) in [5, 5.41) is 3.42. The van der Waals surface area contributed by atoms with Gasteiger partial charge in [0, 0.05) is 12.7 Å². The van der Waals surface area contributed by atoms with Gasteiger partial charge in [-0.15, -0.1) is 0 Å². The van der Waals surface area contributed by atoms with Crippen molar-refractivity contribution < 1.29 is 4.39 Å². The number of anilines is 1. The lowest BCUT2D eigenvalue weighted by molar-refractivity contribution is 0.293. The van der Waals surface area contributed by atoms with Crippen LogP contribution in [0.15, 0.2) is 12.3 Å². The van der Waals surface area contributed by atoms with Crippen molar-refractivity contribution in [1.29, 1.82) is 0 Å². The van der Waals surface area contributed by atoms with Gasteiger partial charge in [0.25, 0.3) is 0 Å². The van der Waals surface area contributed by atoms with Crippen LogP contribution in [0, 0.1) is 17.7 Å². The quantitative estimate of drug-likeness (QED) is 0.880. The minimum Gasteiger partial charge on any atom is -0.367 e. The SMILES string of the molecule is CC1CCCC(CNc2ncc(Cl)cc2F)C1. The molecule has 0 bridgehead atoms. The number of rotatable bonds is 3. The van der Waals surface area contributed by atoms with Crippen molar-refractivity contribution >= 4 is 17.4 Å². The normalized spacial score (nSPS) is 24.6. The van der Waals surface area contributed by atoms with Gasteiger partial charge < -0.3 is 5.32 Å². The fraction of sp³-hybridized carbons (Fsp3) is 0.615. The van der Waals surface area contributed by atoms with E-state index >= 15 is 0 Å². The molecule has 1 aromatic rings. The Labute approximate surface area is 107 Å². The molecule has 2 atom stereocenters. The standard InChI is InChI=1S/C13H18ClFN2/c1-9-3-2-4-10(5-9)7-16-13-12(15)6-11(14)8-17-13/h6,8-10H,2-5,7H2,1H3,(H,16,17). The Morgan fingerprint density at radius 1 is 1.53 bits per heavy atom.